The molecule has 0 aliphatic heterocycles. The summed E-state index contributed by atoms with van der Waals surface area (Å²) in [6, 6.07) is 0. The van der Waals surface area contributed by atoms with E-state index in [0.29, 0.717) is 0 Å². The Balaban J connectivity index is 3.60. The maximum absolute atomic E-state index is 5.86. The summed E-state index contributed by atoms with van der Waals surface area (Å²) in [4.78, 5) is 0. The number of nitrogens with two attached hydrogens (primary N) is 2. The molecule has 66 valence electrons. The third-order valence-electron chi connectivity index (χ3n) is 1.94. The van der Waals surface area contributed by atoms with Crippen molar-refractivity contribution in [3.63, 3.8) is 0 Å². The molecule has 0 spiro atoms. The number of rotatable bonds is 0. The van der Waals surface area contributed by atoms with Gasteiger partial charge in [-0.15, -0.1) is 0 Å². The second-order valence-corrected chi connectivity index (χ2v) is 4.86. The van der Waals surface area contributed by atoms with Crippen molar-refractivity contribution in [2.45, 2.75) is 13.8 Å². The van der Waals surface area contributed by atoms with Crippen molar-refractivity contribution in [2.24, 2.45) is 0 Å². The molecule has 0 saturated carbocycles. The lowest BCUT2D eigenvalue weighted by atomic mass is 10.1. The van der Waals surface area contributed by atoms with Crippen molar-refractivity contribution >= 4 is 56.6 Å². The van der Waals surface area contributed by atoms with Crippen LogP contribution in [-0.4, -0.2) is 0 Å². The molecule has 2 nitrogen and oxygen atoms in total. The predicted octanol–water partition coefficient (Wildman–Crippen LogP) is 2.68. The molecule has 0 unspecified atom stereocenters. The monoisotopic (exact) mass is 388 g/mol. The molecule has 1 aromatic rings. The first-order valence-corrected chi connectivity index (χ1v) is 5.61. The fourth-order valence-electron chi connectivity index (χ4n) is 0.975. The van der Waals surface area contributed by atoms with Crippen molar-refractivity contribution in [1.29, 1.82) is 0 Å². The van der Waals surface area contributed by atoms with E-state index >= 15 is 0 Å². The Kier molecular flexibility index (Phi) is 3.08. The third kappa shape index (κ3) is 1.50. The number of nitrogen functional groups attached to an aromatic ring is 2. The Bertz CT molecular complexity index is 229. The fourth-order valence-corrected chi connectivity index (χ4v) is 2.84. The van der Waals surface area contributed by atoms with Crippen LogP contribution in [0, 0.1) is 21.0 Å². The van der Waals surface area contributed by atoms with Crippen molar-refractivity contribution in [3.8, 4) is 0 Å². The molecular formula is C8H10I2N2. The Morgan fingerprint density at radius 1 is 0.833 bits per heavy atom. The Hall–Kier alpha value is 0.280. The molecule has 0 fully saturated rings. The van der Waals surface area contributed by atoms with Crippen LogP contribution in [0.15, 0.2) is 0 Å². The van der Waals surface area contributed by atoms with E-state index in [1.807, 2.05) is 13.8 Å². The van der Waals surface area contributed by atoms with Gasteiger partial charge in [-0.2, -0.15) is 0 Å². The molecule has 1 rings (SSSR count). The van der Waals surface area contributed by atoms with Gasteiger partial charge >= 0.3 is 0 Å². The maximum Gasteiger partial charge on any atom is 0.0503 e. The van der Waals surface area contributed by atoms with Crippen LogP contribution in [0.4, 0.5) is 11.4 Å². The Morgan fingerprint density at radius 3 is 1.50 bits per heavy atom. The van der Waals surface area contributed by atoms with Gasteiger partial charge in [0.05, 0.1) is 11.4 Å². The number of benzene rings is 1. The summed E-state index contributed by atoms with van der Waals surface area (Å²) in [6.45, 7) is 3.99. The molecule has 0 radical (unpaired) electrons. The van der Waals surface area contributed by atoms with Crippen molar-refractivity contribution in [3.05, 3.63) is 18.3 Å². The predicted molar refractivity (Wildman–Crippen MR) is 70.2 cm³/mol. The lowest BCUT2D eigenvalue weighted by Crippen LogP contribution is -2.04. The summed E-state index contributed by atoms with van der Waals surface area (Å²) in [5.74, 6) is 0. The van der Waals surface area contributed by atoms with E-state index in [0.717, 1.165) is 24.1 Å². The molecule has 0 heterocycles. The van der Waals surface area contributed by atoms with E-state index in [9.17, 15) is 0 Å². The molecule has 0 aliphatic carbocycles. The molecule has 0 aliphatic rings. The highest BCUT2D eigenvalue weighted by Gasteiger charge is 2.11. The summed E-state index contributed by atoms with van der Waals surface area (Å²) < 4.78 is 2.23. The first-order chi connectivity index (χ1) is 5.46. The SMILES string of the molecule is Cc1c(N)c(I)c(C)c(I)c1N. The molecule has 4 N–H and O–H groups in total. The number of hydrogen-bond donors (Lipinski definition) is 2. The highest BCUT2D eigenvalue weighted by atomic mass is 127. The number of anilines is 2. The van der Waals surface area contributed by atoms with E-state index < -0.39 is 0 Å². The van der Waals surface area contributed by atoms with Gasteiger partial charge in [0, 0.05) is 7.14 Å². The second kappa shape index (κ2) is 3.57. The summed E-state index contributed by atoms with van der Waals surface area (Å²) >= 11 is 4.50. The Morgan fingerprint density at radius 2 is 1.17 bits per heavy atom. The molecule has 0 bridgehead atoms. The van der Waals surface area contributed by atoms with Crippen LogP contribution in [0.1, 0.15) is 11.1 Å². The summed E-state index contributed by atoms with van der Waals surface area (Å²) in [7, 11) is 0. The van der Waals surface area contributed by atoms with Gasteiger partial charge in [0.15, 0.2) is 0 Å². The Labute approximate surface area is 99.4 Å². The highest BCUT2D eigenvalue weighted by molar-refractivity contribution is 14.1. The van der Waals surface area contributed by atoms with Crippen molar-refractivity contribution in [2.75, 3.05) is 11.5 Å². The minimum Gasteiger partial charge on any atom is -0.398 e. The normalized spacial score (nSPS) is 10.3. The molecular weight excluding hydrogens is 378 g/mol. The lowest BCUT2D eigenvalue weighted by molar-refractivity contribution is 1.34. The average molecular weight is 388 g/mol. The average Bonchev–Trinajstić information content (AvgIpc) is 2.08. The van der Waals surface area contributed by atoms with Crippen LogP contribution in [0.2, 0.25) is 0 Å². The van der Waals surface area contributed by atoms with Gasteiger partial charge in [-0.1, -0.05) is 0 Å². The standard InChI is InChI=1S/C8H10I2N2/c1-3-5(9)7(11)4(2)8(12)6(3)10/h11-12H2,1-2H3. The van der Waals surface area contributed by atoms with Crippen molar-refractivity contribution in [1.82, 2.24) is 0 Å². The largest absolute Gasteiger partial charge is 0.398 e. The summed E-state index contributed by atoms with van der Waals surface area (Å²) in [6.07, 6.45) is 0. The minimum absolute atomic E-state index is 0.811. The second-order valence-electron chi connectivity index (χ2n) is 2.71. The topological polar surface area (TPSA) is 52.0 Å². The van der Waals surface area contributed by atoms with E-state index in [-0.39, 0.29) is 0 Å². The van der Waals surface area contributed by atoms with Gasteiger partial charge in [0.2, 0.25) is 0 Å². The molecule has 0 aromatic heterocycles. The van der Waals surface area contributed by atoms with Gasteiger partial charge in [-0.3, -0.25) is 0 Å². The zero-order valence-electron chi connectivity index (χ0n) is 6.91. The van der Waals surface area contributed by atoms with E-state index in [1.54, 1.807) is 0 Å². The third-order valence-corrected chi connectivity index (χ3v) is 4.72. The van der Waals surface area contributed by atoms with Gasteiger partial charge < -0.3 is 11.5 Å². The summed E-state index contributed by atoms with van der Waals surface area (Å²) in [5, 5.41) is 0. The molecule has 1 aromatic carbocycles. The van der Waals surface area contributed by atoms with Crippen LogP contribution in [0.3, 0.4) is 0 Å². The van der Waals surface area contributed by atoms with Crippen LogP contribution in [0.25, 0.3) is 0 Å². The lowest BCUT2D eigenvalue weighted by Gasteiger charge is -2.12. The quantitative estimate of drug-likeness (QED) is 0.531. The summed E-state index contributed by atoms with van der Waals surface area (Å²) in [5.41, 5.74) is 15.5. The first-order valence-electron chi connectivity index (χ1n) is 3.46. The van der Waals surface area contributed by atoms with Crippen LogP contribution in [-0.2, 0) is 0 Å². The van der Waals surface area contributed by atoms with E-state index in [1.165, 1.54) is 5.56 Å². The molecule has 0 atom stereocenters. The van der Waals surface area contributed by atoms with Gasteiger partial charge in [-0.25, -0.2) is 0 Å². The molecule has 12 heavy (non-hydrogen) atoms. The highest BCUT2D eigenvalue weighted by Crippen LogP contribution is 2.32. The van der Waals surface area contributed by atoms with Gasteiger partial charge in [0.25, 0.3) is 0 Å². The zero-order chi connectivity index (χ0) is 9.46. The molecule has 4 heteroatoms. The fraction of sp³-hybridized carbons (Fsp3) is 0.250. The van der Waals surface area contributed by atoms with Crippen LogP contribution in [0.5, 0.6) is 0 Å². The zero-order valence-corrected chi connectivity index (χ0v) is 11.2. The van der Waals surface area contributed by atoms with E-state index in [2.05, 4.69) is 45.2 Å². The van der Waals surface area contributed by atoms with Gasteiger partial charge in [-0.05, 0) is 70.2 Å². The van der Waals surface area contributed by atoms with Crippen molar-refractivity contribution < 1.29 is 0 Å². The van der Waals surface area contributed by atoms with Gasteiger partial charge in [0.1, 0.15) is 0 Å². The smallest absolute Gasteiger partial charge is 0.0503 e. The molecule has 0 saturated heterocycles. The maximum atomic E-state index is 5.86. The van der Waals surface area contributed by atoms with E-state index in [4.69, 9.17) is 11.5 Å². The van der Waals surface area contributed by atoms with Crippen LogP contribution < -0.4 is 11.5 Å². The van der Waals surface area contributed by atoms with Crippen LogP contribution >= 0.6 is 45.2 Å². The first kappa shape index (κ1) is 10.4. The number of halogens is 2. The molecule has 0 amide bonds. The number of hydrogen-bond acceptors (Lipinski definition) is 2. The minimum atomic E-state index is 0.811.